The molecule has 0 saturated heterocycles. The van der Waals surface area contributed by atoms with E-state index >= 15 is 0 Å². The number of nitrogens with zero attached hydrogens (tertiary/aromatic N) is 2. The monoisotopic (exact) mass is 257 g/mol. The average Bonchev–Trinajstić information content (AvgIpc) is 2.42. The van der Waals surface area contributed by atoms with Gasteiger partial charge in [0, 0.05) is 17.9 Å². The summed E-state index contributed by atoms with van der Waals surface area (Å²) >= 11 is 0. The fourth-order valence-electron chi connectivity index (χ4n) is 1.90. The Balaban J connectivity index is 2.45. The molecule has 0 spiro atoms. The molecular weight excluding hydrogens is 238 g/mol. The van der Waals surface area contributed by atoms with Gasteiger partial charge in [-0.2, -0.15) is 0 Å². The third-order valence-corrected chi connectivity index (χ3v) is 3.11. The van der Waals surface area contributed by atoms with Crippen LogP contribution in [0.1, 0.15) is 35.7 Å². The van der Waals surface area contributed by atoms with E-state index in [1.807, 2.05) is 51.1 Å². The van der Waals surface area contributed by atoms with Gasteiger partial charge >= 0.3 is 0 Å². The molecule has 2 N–H and O–H groups in total. The molecule has 1 heterocycles. The van der Waals surface area contributed by atoms with E-state index in [2.05, 4.69) is 9.97 Å². The van der Waals surface area contributed by atoms with E-state index in [0.717, 1.165) is 16.8 Å². The highest BCUT2D eigenvalue weighted by molar-refractivity contribution is 5.41. The quantitative estimate of drug-likeness (QED) is 0.915. The van der Waals surface area contributed by atoms with Gasteiger partial charge in [-0.1, -0.05) is 30.3 Å². The van der Waals surface area contributed by atoms with Crippen molar-refractivity contribution < 1.29 is 4.74 Å². The first-order valence-electron chi connectivity index (χ1n) is 6.40. The third kappa shape index (κ3) is 2.90. The molecule has 19 heavy (non-hydrogen) atoms. The van der Waals surface area contributed by atoms with Gasteiger partial charge in [-0.3, -0.25) is 0 Å². The van der Waals surface area contributed by atoms with Gasteiger partial charge in [-0.05, 0) is 26.3 Å². The molecular formula is C15H19N3O. The van der Waals surface area contributed by atoms with Crippen LogP contribution in [0.15, 0.2) is 30.3 Å². The minimum Gasteiger partial charge on any atom is -0.383 e. The molecule has 1 unspecified atom stereocenters. The molecule has 2 aromatic rings. The van der Waals surface area contributed by atoms with Crippen molar-refractivity contribution in [2.45, 2.75) is 26.9 Å². The molecule has 0 aliphatic rings. The molecule has 4 heteroatoms. The van der Waals surface area contributed by atoms with Crippen LogP contribution in [0, 0.1) is 13.8 Å². The molecule has 0 saturated carbocycles. The van der Waals surface area contributed by atoms with Gasteiger partial charge in [0.1, 0.15) is 11.9 Å². The predicted octanol–water partition coefficient (Wildman–Crippen LogP) is 2.80. The van der Waals surface area contributed by atoms with E-state index in [4.69, 9.17) is 10.5 Å². The average molecular weight is 257 g/mol. The van der Waals surface area contributed by atoms with E-state index in [0.29, 0.717) is 18.2 Å². The van der Waals surface area contributed by atoms with Crippen LogP contribution in [0.5, 0.6) is 0 Å². The number of ether oxygens (including phenoxy) is 1. The second-order valence-corrected chi connectivity index (χ2v) is 4.42. The first-order chi connectivity index (χ1) is 9.13. The second-order valence-electron chi connectivity index (χ2n) is 4.42. The van der Waals surface area contributed by atoms with Crippen LogP contribution in [0.2, 0.25) is 0 Å². The van der Waals surface area contributed by atoms with E-state index in [1.165, 1.54) is 0 Å². The summed E-state index contributed by atoms with van der Waals surface area (Å²) in [5.74, 6) is 1.14. The zero-order chi connectivity index (χ0) is 13.8. The van der Waals surface area contributed by atoms with Crippen LogP contribution in [0.3, 0.4) is 0 Å². The summed E-state index contributed by atoms with van der Waals surface area (Å²) in [6, 6.07) is 9.95. The highest BCUT2D eigenvalue weighted by Gasteiger charge is 2.19. The Morgan fingerprint density at radius 1 is 1.16 bits per heavy atom. The minimum absolute atomic E-state index is 0.271. The molecule has 0 amide bonds. The third-order valence-electron chi connectivity index (χ3n) is 3.11. The van der Waals surface area contributed by atoms with E-state index in [9.17, 15) is 0 Å². The Labute approximate surface area is 113 Å². The van der Waals surface area contributed by atoms with Crippen LogP contribution in [0.4, 0.5) is 5.82 Å². The number of anilines is 1. The molecule has 1 aromatic heterocycles. The van der Waals surface area contributed by atoms with Crippen molar-refractivity contribution in [1.82, 2.24) is 9.97 Å². The number of hydrogen-bond acceptors (Lipinski definition) is 4. The smallest absolute Gasteiger partial charge is 0.164 e. The summed E-state index contributed by atoms with van der Waals surface area (Å²) in [4.78, 5) is 8.88. The van der Waals surface area contributed by atoms with Gasteiger partial charge in [0.15, 0.2) is 5.82 Å². The van der Waals surface area contributed by atoms with Gasteiger partial charge < -0.3 is 10.5 Å². The van der Waals surface area contributed by atoms with Gasteiger partial charge in [-0.25, -0.2) is 9.97 Å². The van der Waals surface area contributed by atoms with Crippen molar-refractivity contribution in [2.75, 3.05) is 12.3 Å². The lowest BCUT2D eigenvalue weighted by Crippen LogP contribution is -2.13. The van der Waals surface area contributed by atoms with E-state index in [1.54, 1.807) is 0 Å². The van der Waals surface area contributed by atoms with Crippen molar-refractivity contribution in [3.8, 4) is 0 Å². The van der Waals surface area contributed by atoms with Gasteiger partial charge in [0.25, 0.3) is 0 Å². The summed E-state index contributed by atoms with van der Waals surface area (Å²) in [6.45, 7) is 6.41. The van der Waals surface area contributed by atoms with Crippen molar-refractivity contribution in [1.29, 1.82) is 0 Å². The molecule has 1 atom stereocenters. The zero-order valence-electron chi connectivity index (χ0n) is 11.6. The number of nitrogen functional groups attached to an aromatic ring is 1. The van der Waals surface area contributed by atoms with Crippen molar-refractivity contribution in [3.05, 3.63) is 53.0 Å². The fourth-order valence-corrected chi connectivity index (χ4v) is 1.90. The minimum atomic E-state index is -0.271. The summed E-state index contributed by atoms with van der Waals surface area (Å²) in [5.41, 5.74) is 8.78. The number of aromatic nitrogens is 2. The Hall–Kier alpha value is -1.94. The molecule has 0 radical (unpaired) electrons. The van der Waals surface area contributed by atoms with Crippen LogP contribution in [-0.2, 0) is 4.74 Å². The van der Waals surface area contributed by atoms with Crippen LogP contribution in [-0.4, -0.2) is 16.6 Å². The molecule has 1 aromatic carbocycles. The molecule has 0 aliphatic heterocycles. The largest absolute Gasteiger partial charge is 0.383 e. The Kier molecular flexibility index (Phi) is 4.12. The van der Waals surface area contributed by atoms with Crippen LogP contribution < -0.4 is 5.73 Å². The van der Waals surface area contributed by atoms with Crippen LogP contribution in [0.25, 0.3) is 0 Å². The highest BCUT2D eigenvalue weighted by Crippen LogP contribution is 2.25. The topological polar surface area (TPSA) is 61.0 Å². The van der Waals surface area contributed by atoms with E-state index < -0.39 is 0 Å². The second kappa shape index (κ2) is 5.80. The number of nitrogens with two attached hydrogens (primary N) is 1. The van der Waals surface area contributed by atoms with Crippen molar-refractivity contribution in [3.63, 3.8) is 0 Å². The maximum absolute atomic E-state index is 5.93. The highest BCUT2D eigenvalue weighted by atomic mass is 16.5. The Bertz CT molecular complexity index is 532. The fraction of sp³-hybridized carbons (Fsp3) is 0.333. The van der Waals surface area contributed by atoms with Gasteiger partial charge in [0.05, 0.1) is 0 Å². The van der Waals surface area contributed by atoms with Crippen LogP contribution >= 0.6 is 0 Å². The molecule has 0 aliphatic carbocycles. The summed E-state index contributed by atoms with van der Waals surface area (Å²) in [5, 5.41) is 0. The van der Waals surface area contributed by atoms with E-state index in [-0.39, 0.29) is 6.10 Å². The standard InChI is InChI=1S/C15H19N3O/c1-4-19-13(12-8-6-5-7-9-12)15-17-11(3)10(2)14(16)18-15/h5-9,13H,4H2,1-3H3,(H2,16,17,18). The summed E-state index contributed by atoms with van der Waals surface area (Å²) < 4.78 is 5.78. The Morgan fingerprint density at radius 2 is 1.84 bits per heavy atom. The molecule has 0 fully saturated rings. The van der Waals surface area contributed by atoms with Gasteiger partial charge in [-0.15, -0.1) is 0 Å². The lowest BCUT2D eigenvalue weighted by Gasteiger charge is -2.17. The lowest BCUT2D eigenvalue weighted by molar-refractivity contribution is 0.0851. The maximum Gasteiger partial charge on any atom is 0.164 e. The first-order valence-corrected chi connectivity index (χ1v) is 6.40. The predicted molar refractivity (Wildman–Crippen MR) is 75.8 cm³/mol. The zero-order valence-corrected chi connectivity index (χ0v) is 11.6. The van der Waals surface area contributed by atoms with Crippen molar-refractivity contribution >= 4 is 5.82 Å². The normalized spacial score (nSPS) is 12.4. The number of rotatable bonds is 4. The summed E-state index contributed by atoms with van der Waals surface area (Å²) in [7, 11) is 0. The molecule has 2 rings (SSSR count). The molecule has 4 nitrogen and oxygen atoms in total. The van der Waals surface area contributed by atoms with Gasteiger partial charge in [0.2, 0.25) is 0 Å². The molecule has 100 valence electrons. The number of aryl methyl sites for hydroxylation is 1. The lowest BCUT2D eigenvalue weighted by atomic mass is 10.1. The Morgan fingerprint density at radius 3 is 2.42 bits per heavy atom. The number of benzene rings is 1. The SMILES string of the molecule is CCOC(c1ccccc1)c1nc(C)c(C)c(N)n1. The molecule has 0 bridgehead atoms. The summed E-state index contributed by atoms with van der Waals surface area (Å²) in [6.07, 6.45) is -0.271. The maximum atomic E-state index is 5.93. The van der Waals surface area contributed by atoms with Crippen molar-refractivity contribution in [2.24, 2.45) is 0 Å². The first kappa shape index (κ1) is 13.5. The number of hydrogen-bond donors (Lipinski definition) is 1.